The summed E-state index contributed by atoms with van der Waals surface area (Å²) in [6.07, 6.45) is -6.56. The van der Waals surface area contributed by atoms with Crippen molar-refractivity contribution in [3.05, 3.63) is 0 Å². The smallest absolute Gasteiger partial charge is 0.337 e. The Bertz CT molecular complexity index is 259. The Morgan fingerprint density at radius 2 is 2.07 bits per heavy atom. The van der Waals surface area contributed by atoms with Gasteiger partial charge in [0.15, 0.2) is 12.4 Å². The Hall–Kier alpha value is -1.02. The lowest BCUT2D eigenvalue weighted by Gasteiger charge is -2.28. The Labute approximate surface area is 87.3 Å². The van der Waals surface area contributed by atoms with Gasteiger partial charge in [0.25, 0.3) is 0 Å². The van der Waals surface area contributed by atoms with Gasteiger partial charge in [-0.15, -0.1) is 0 Å². The molecule has 7 nitrogen and oxygen atoms in total. The summed E-state index contributed by atoms with van der Waals surface area (Å²) in [5, 5.41) is 37.1. The van der Waals surface area contributed by atoms with E-state index in [2.05, 4.69) is 4.74 Å². The van der Waals surface area contributed by atoms with E-state index in [0.29, 0.717) is 0 Å². The van der Waals surface area contributed by atoms with Crippen molar-refractivity contribution in [1.29, 1.82) is 0 Å². The summed E-state index contributed by atoms with van der Waals surface area (Å²) in [5.74, 6) is -1.23. The molecule has 0 radical (unpaired) electrons. The van der Waals surface area contributed by atoms with Gasteiger partial charge >= 0.3 is 5.97 Å². The lowest BCUT2D eigenvalue weighted by atomic mass is 9.93. The summed E-state index contributed by atoms with van der Waals surface area (Å²) in [5.41, 5.74) is -2.55. The number of rotatable bonds is 5. The van der Waals surface area contributed by atoms with Crippen molar-refractivity contribution < 1.29 is 36.1 Å². The highest BCUT2D eigenvalue weighted by Gasteiger charge is 2.41. The van der Waals surface area contributed by atoms with Crippen LogP contribution in [0.3, 0.4) is 0 Å². The third-order valence-corrected chi connectivity index (χ3v) is 1.81. The van der Waals surface area contributed by atoms with Gasteiger partial charge in [0.05, 0.1) is 7.11 Å². The van der Waals surface area contributed by atoms with Crippen LogP contribution < -0.4 is 0 Å². The number of carbonyl (C=O) groups is 2. The van der Waals surface area contributed by atoms with Crippen LogP contribution >= 0.6 is 0 Å². The molecule has 15 heavy (non-hydrogen) atoms. The number of aliphatic hydroxyl groups excluding tert-OH is 3. The molecule has 0 saturated heterocycles. The molecule has 0 aliphatic carbocycles. The summed E-state index contributed by atoms with van der Waals surface area (Å²) in [6.45, 7) is -0.928. The SMILES string of the molecule is [2H]C[C@](O)(C=O)[C@@H](O)[C@H](O)[C@H](O)C(=O)OC. The quantitative estimate of drug-likeness (QED) is 0.293. The second-order valence-electron chi connectivity index (χ2n) is 3.01. The van der Waals surface area contributed by atoms with Crippen molar-refractivity contribution in [3.8, 4) is 0 Å². The molecular weight excluding hydrogens is 208 g/mol. The van der Waals surface area contributed by atoms with Crippen LogP contribution in [0.15, 0.2) is 0 Å². The third kappa shape index (κ3) is 3.24. The molecule has 0 aliphatic rings. The van der Waals surface area contributed by atoms with E-state index in [-0.39, 0.29) is 6.29 Å². The second kappa shape index (κ2) is 5.17. The molecule has 0 amide bonds. The number of aliphatic hydroxyl groups is 4. The normalized spacial score (nSPS) is 21.8. The largest absolute Gasteiger partial charge is 0.467 e. The summed E-state index contributed by atoms with van der Waals surface area (Å²) in [6, 6.07) is 0. The fourth-order valence-corrected chi connectivity index (χ4v) is 0.798. The van der Waals surface area contributed by atoms with Crippen LogP contribution in [0.1, 0.15) is 8.27 Å². The van der Waals surface area contributed by atoms with Crippen molar-refractivity contribution in [2.45, 2.75) is 30.8 Å². The highest BCUT2D eigenvalue weighted by Crippen LogP contribution is 2.13. The van der Waals surface area contributed by atoms with Gasteiger partial charge in [-0.05, 0) is 6.90 Å². The van der Waals surface area contributed by atoms with E-state index in [0.717, 1.165) is 7.11 Å². The molecule has 0 bridgehead atoms. The van der Waals surface area contributed by atoms with E-state index in [1.54, 1.807) is 0 Å². The van der Waals surface area contributed by atoms with E-state index < -0.39 is 36.8 Å². The second-order valence-corrected chi connectivity index (χ2v) is 3.01. The van der Waals surface area contributed by atoms with Crippen molar-refractivity contribution in [1.82, 2.24) is 0 Å². The summed E-state index contributed by atoms with van der Waals surface area (Å²) in [7, 11) is 0.945. The van der Waals surface area contributed by atoms with E-state index in [9.17, 15) is 24.9 Å². The highest BCUT2D eigenvalue weighted by atomic mass is 16.5. The zero-order valence-electron chi connectivity index (χ0n) is 9.03. The monoisotopic (exact) mass is 223 g/mol. The van der Waals surface area contributed by atoms with Crippen molar-refractivity contribution in [3.63, 3.8) is 0 Å². The average Bonchev–Trinajstić information content (AvgIpc) is 2.33. The number of ether oxygens (including phenoxy) is 1. The van der Waals surface area contributed by atoms with Crippen LogP contribution in [0.4, 0.5) is 0 Å². The molecule has 4 N–H and O–H groups in total. The fourth-order valence-electron chi connectivity index (χ4n) is 0.798. The minimum absolute atomic E-state index is 0.141. The van der Waals surface area contributed by atoms with Crippen molar-refractivity contribution >= 4 is 12.3 Å². The molecule has 4 atom stereocenters. The van der Waals surface area contributed by atoms with Crippen LogP contribution in [-0.2, 0) is 14.3 Å². The molecule has 0 heterocycles. The minimum atomic E-state index is -2.55. The van der Waals surface area contributed by atoms with E-state index >= 15 is 0 Å². The van der Waals surface area contributed by atoms with Crippen molar-refractivity contribution in [2.75, 3.05) is 7.11 Å². The molecule has 0 aromatic heterocycles. The number of carbonyl (C=O) groups excluding carboxylic acids is 2. The number of methoxy groups -OCH3 is 1. The number of hydrogen-bond acceptors (Lipinski definition) is 7. The number of hydrogen-bond donors (Lipinski definition) is 4. The lowest BCUT2D eigenvalue weighted by molar-refractivity contribution is -0.175. The van der Waals surface area contributed by atoms with E-state index in [1.165, 1.54) is 0 Å². The minimum Gasteiger partial charge on any atom is -0.467 e. The number of esters is 1. The first-order valence-corrected chi connectivity index (χ1v) is 3.94. The van der Waals surface area contributed by atoms with Crippen LogP contribution in [0.25, 0.3) is 0 Å². The maximum Gasteiger partial charge on any atom is 0.337 e. The highest BCUT2D eigenvalue weighted by molar-refractivity contribution is 5.75. The Morgan fingerprint density at radius 1 is 1.53 bits per heavy atom. The van der Waals surface area contributed by atoms with Crippen molar-refractivity contribution in [2.24, 2.45) is 0 Å². The molecule has 0 spiro atoms. The number of aldehydes is 1. The van der Waals surface area contributed by atoms with Gasteiger partial charge in [-0.3, -0.25) is 0 Å². The van der Waals surface area contributed by atoms with Crippen LogP contribution in [-0.4, -0.2) is 63.7 Å². The van der Waals surface area contributed by atoms with E-state index in [4.69, 9.17) is 6.48 Å². The van der Waals surface area contributed by atoms with Gasteiger partial charge in [-0.2, -0.15) is 0 Å². The first-order valence-electron chi connectivity index (χ1n) is 4.64. The molecule has 0 fully saturated rings. The molecule has 0 saturated carbocycles. The van der Waals surface area contributed by atoms with Gasteiger partial charge in [-0.1, -0.05) is 0 Å². The average molecular weight is 223 g/mol. The van der Waals surface area contributed by atoms with Gasteiger partial charge in [0, 0.05) is 1.37 Å². The Balaban J connectivity index is 4.78. The first-order chi connectivity index (χ1) is 7.33. The standard InChI is InChI=1S/C8H14O7/c1-8(14,3-9)6(12)4(10)5(11)7(13)15-2/h3-6,10-12,14H,1-2H3/t4-,5+,6+,8+/m1/s1/i1D. The van der Waals surface area contributed by atoms with Gasteiger partial charge < -0.3 is 30.0 Å². The van der Waals surface area contributed by atoms with Crippen LogP contribution in [0, 0.1) is 0 Å². The predicted octanol–water partition coefficient (Wildman–Crippen LogP) is -2.81. The predicted molar refractivity (Wildman–Crippen MR) is 46.7 cm³/mol. The first kappa shape index (κ1) is 12.1. The topological polar surface area (TPSA) is 124 Å². The molecule has 0 aromatic rings. The molecule has 0 rings (SSSR count). The molecule has 0 aliphatic heterocycles. The molecule has 88 valence electrons. The Morgan fingerprint density at radius 3 is 2.40 bits per heavy atom. The zero-order valence-corrected chi connectivity index (χ0v) is 8.03. The van der Waals surface area contributed by atoms with Gasteiger partial charge in [0.1, 0.15) is 17.8 Å². The zero-order chi connectivity index (χ0) is 12.9. The summed E-state index contributed by atoms with van der Waals surface area (Å²) in [4.78, 5) is 21.2. The maximum absolute atomic E-state index is 10.8. The molecule has 0 unspecified atom stereocenters. The van der Waals surface area contributed by atoms with Crippen LogP contribution in [0.5, 0.6) is 0 Å². The van der Waals surface area contributed by atoms with E-state index in [1.807, 2.05) is 0 Å². The summed E-state index contributed by atoms with van der Waals surface area (Å²) < 4.78 is 10.9. The molecule has 0 aromatic carbocycles. The van der Waals surface area contributed by atoms with Crippen LogP contribution in [0.2, 0.25) is 0 Å². The fraction of sp³-hybridized carbons (Fsp3) is 0.750. The van der Waals surface area contributed by atoms with Gasteiger partial charge in [0.2, 0.25) is 0 Å². The molecular formula is C8H14O7. The maximum atomic E-state index is 10.8. The summed E-state index contributed by atoms with van der Waals surface area (Å²) >= 11 is 0. The van der Waals surface area contributed by atoms with Gasteiger partial charge in [-0.25, -0.2) is 4.79 Å². The molecule has 7 heteroatoms. The lowest BCUT2D eigenvalue weighted by Crippen LogP contribution is -2.54. The third-order valence-electron chi connectivity index (χ3n) is 1.81. The Kier molecular flexibility index (Phi) is 4.15.